The van der Waals surface area contributed by atoms with Gasteiger partial charge < -0.3 is 5.11 Å². The van der Waals surface area contributed by atoms with Crippen LogP contribution in [0.15, 0.2) is 36.4 Å². The van der Waals surface area contributed by atoms with E-state index in [1.165, 1.54) is 26.0 Å². The fourth-order valence-electron chi connectivity index (χ4n) is 2.97. The molecule has 3 N–H and O–H groups in total. The third-order valence-corrected chi connectivity index (χ3v) is 4.99. The molecule has 0 fully saturated rings. The molecule has 6 nitrogen and oxygen atoms in total. The Kier molecular flexibility index (Phi) is 6.72. The third-order valence-electron chi connectivity index (χ3n) is 4.99. The van der Waals surface area contributed by atoms with E-state index in [4.69, 9.17) is 6.57 Å². The van der Waals surface area contributed by atoms with Gasteiger partial charge in [-0.3, -0.25) is 20.4 Å². The number of hydrogen-bond donors (Lipinski definition) is 3. The number of nitrogens with one attached hydrogen (secondary N) is 2. The molecule has 0 heterocycles. The summed E-state index contributed by atoms with van der Waals surface area (Å²) in [6, 6.07) is 8.37. The SMILES string of the molecule is [C-]#[N+]c1ccc(C[C@@H](C(=O)NNC(=O)c2ccc(F)cc2)C(C)(C)O)c(C)c1C. The van der Waals surface area contributed by atoms with Crippen molar-refractivity contribution in [1.82, 2.24) is 10.9 Å². The first kappa shape index (κ1) is 22.1. The van der Waals surface area contributed by atoms with Gasteiger partial charge in [-0.2, -0.15) is 0 Å². The van der Waals surface area contributed by atoms with Crippen LogP contribution in [0.4, 0.5) is 10.1 Å². The third kappa shape index (κ3) is 5.39. The van der Waals surface area contributed by atoms with Gasteiger partial charge in [-0.05, 0) is 69.5 Å². The molecular formula is C22H24FN3O3. The van der Waals surface area contributed by atoms with Crippen LogP contribution in [-0.4, -0.2) is 22.5 Å². The molecule has 152 valence electrons. The van der Waals surface area contributed by atoms with Crippen LogP contribution in [0.1, 0.15) is 40.9 Å². The van der Waals surface area contributed by atoms with Crippen LogP contribution in [0.3, 0.4) is 0 Å². The van der Waals surface area contributed by atoms with Crippen LogP contribution < -0.4 is 10.9 Å². The van der Waals surface area contributed by atoms with Gasteiger partial charge in [0.25, 0.3) is 5.91 Å². The van der Waals surface area contributed by atoms with Gasteiger partial charge in [-0.25, -0.2) is 9.24 Å². The summed E-state index contributed by atoms with van der Waals surface area (Å²) in [7, 11) is 0. The van der Waals surface area contributed by atoms with Gasteiger partial charge in [0.1, 0.15) is 5.82 Å². The molecule has 2 aromatic rings. The molecule has 0 bridgehead atoms. The zero-order valence-corrected chi connectivity index (χ0v) is 16.8. The Morgan fingerprint density at radius 2 is 1.72 bits per heavy atom. The quantitative estimate of drug-likeness (QED) is 0.534. The predicted octanol–water partition coefficient (Wildman–Crippen LogP) is 3.38. The van der Waals surface area contributed by atoms with Gasteiger partial charge in [-0.15, -0.1) is 0 Å². The molecule has 0 radical (unpaired) electrons. The van der Waals surface area contributed by atoms with E-state index in [1.54, 1.807) is 12.1 Å². The maximum Gasteiger partial charge on any atom is 0.269 e. The number of benzene rings is 2. The number of amides is 2. The minimum absolute atomic E-state index is 0.188. The summed E-state index contributed by atoms with van der Waals surface area (Å²) in [5.41, 5.74) is 6.55. The van der Waals surface area contributed by atoms with Crippen molar-refractivity contribution >= 4 is 17.5 Å². The van der Waals surface area contributed by atoms with E-state index in [0.717, 1.165) is 28.8 Å². The second-order valence-corrected chi connectivity index (χ2v) is 7.47. The van der Waals surface area contributed by atoms with Gasteiger partial charge in [0.2, 0.25) is 5.91 Å². The van der Waals surface area contributed by atoms with E-state index < -0.39 is 29.2 Å². The van der Waals surface area contributed by atoms with Gasteiger partial charge >= 0.3 is 0 Å². The lowest BCUT2D eigenvalue weighted by atomic mass is 9.83. The molecule has 0 aromatic heterocycles. The number of hydrazine groups is 1. The molecule has 0 spiro atoms. The van der Waals surface area contributed by atoms with Crippen molar-refractivity contribution in [2.45, 2.75) is 39.7 Å². The largest absolute Gasteiger partial charge is 0.390 e. The maximum atomic E-state index is 13.0. The normalized spacial score (nSPS) is 12.0. The lowest BCUT2D eigenvalue weighted by Crippen LogP contribution is -2.50. The summed E-state index contributed by atoms with van der Waals surface area (Å²) in [4.78, 5) is 28.3. The topological polar surface area (TPSA) is 82.8 Å². The second-order valence-electron chi connectivity index (χ2n) is 7.47. The number of carbonyl (C=O) groups excluding carboxylic acids is 2. The fraction of sp³-hybridized carbons (Fsp3) is 0.318. The molecule has 2 rings (SSSR count). The smallest absolute Gasteiger partial charge is 0.269 e. The van der Waals surface area contributed by atoms with E-state index in [0.29, 0.717) is 5.69 Å². The molecule has 7 heteroatoms. The van der Waals surface area contributed by atoms with Crippen LogP contribution >= 0.6 is 0 Å². The Labute approximate surface area is 169 Å². The zero-order valence-electron chi connectivity index (χ0n) is 16.8. The van der Waals surface area contributed by atoms with Crippen LogP contribution in [0.2, 0.25) is 0 Å². The van der Waals surface area contributed by atoms with E-state index in [9.17, 15) is 19.1 Å². The van der Waals surface area contributed by atoms with Crippen molar-refractivity contribution in [3.8, 4) is 0 Å². The summed E-state index contributed by atoms with van der Waals surface area (Å²) in [5, 5.41) is 10.5. The second kappa shape index (κ2) is 8.84. The Morgan fingerprint density at radius 1 is 1.10 bits per heavy atom. The first-order valence-corrected chi connectivity index (χ1v) is 9.09. The first-order chi connectivity index (χ1) is 13.5. The first-order valence-electron chi connectivity index (χ1n) is 9.09. The minimum atomic E-state index is -1.36. The summed E-state index contributed by atoms with van der Waals surface area (Å²) < 4.78 is 13.0. The fourth-order valence-corrected chi connectivity index (χ4v) is 2.97. The molecule has 2 aromatic carbocycles. The van der Waals surface area contributed by atoms with Crippen LogP contribution in [0.25, 0.3) is 4.85 Å². The lowest BCUT2D eigenvalue weighted by molar-refractivity contribution is -0.133. The summed E-state index contributed by atoms with van der Waals surface area (Å²) in [6.07, 6.45) is 0.229. The van der Waals surface area contributed by atoms with Crippen LogP contribution in [0.5, 0.6) is 0 Å². The highest BCUT2D eigenvalue weighted by atomic mass is 19.1. The highest BCUT2D eigenvalue weighted by Crippen LogP contribution is 2.29. The summed E-state index contributed by atoms with van der Waals surface area (Å²) >= 11 is 0. The summed E-state index contributed by atoms with van der Waals surface area (Å²) in [6.45, 7) is 14.0. The average Bonchev–Trinajstić information content (AvgIpc) is 2.66. The Bertz CT molecular complexity index is 957. The number of rotatable bonds is 5. The molecule has 0 saturated heterocycles. The Morgan fingerprint density at radius 3 is 2.28 bits per heavy atom. The zero-order chi connectivity index (χ0) is 21.8. The number of nitrogens with zero attached hydrogens (tertiary/aromatic N) is 1. The van der Waals surface area contributed by atoms with Gasteiger partial charge in [0, 0.05) is 5.56 Å². The highest BCUT2D eigenvalue weighted by molar-refractivity contribution is 5.95. The lowest BCUT2D eigenvalue weighted by Gasteiger charge is -2.29. The molecule has 0 aliphatic carbocycles. The molecule has 0 aliphatic heterocycles. The molecular weight excluding hydrogens is 373 g/mol. The minimum Gasteiger partial charge on any atom is -0.390 e. The van der Waals surface area contributed by atoms with Gasteiger partial charge in [0.15, 0.2) is 5.69 Å². The van der Waals surface area contributed by atoms with E-state index >= 15 is 0 Å². The molecule has 29 heavy (non-hydrogen) atoms. The highest BCUT2D eigenvalue weighted by Gasteiger charge is 2.34. The molecule has 0 unspecified atom stereocenters. The van der Waals surface area contributed by atoms with E-state index in [2.05, 4.69) is 15.7 Å². The predicted molar refractivity (Wildman–Crippen MR) is 108 cm³/mol. The number of hydrogen-bond acceptors (Lipinski definition) is 3. The van der Waals surface area contributed by atoms with E-state index in [1.807, 2.05) is 13.8 Å². The maximum absolute atomic E-state index is 13.0. The Hall–Kier alpha value is -3.24. The van der Waals surface area contributed by atoms with Crippen molar-refractivity contribution in [1.29, 1.82) is 0 Å². The van der Waals surface area contributed by atoms with Crippen LogP contribution in [-0.2, 0) is 11.2 Å². The summed E-state index contributed by atoms with van der Waals surface area (Å²) in [5.74, 6) is -2.48. The molecule has 0 saturated carbocycles. The molecule has 1 atom stereocenters. The molecule has 0 aliphatic rings. The van der Waals surface area contributed by atoms with Crippen LogP contribution in [0, 0.1) is 32.2 Å². The van der Waals surface area contributed by atoms with Gasteiger partial charge in [0.05, 0.1) is 18.1 Å². The number of carbonyl (C=O) groups is 2. The van der Waals surface area contributed by atoms with Crippen molar-refractivity contribution < 1.29 is 19.1 Å². The van der Waals surface area contributed by atoms with Crippen molar-refractivity contribution in [2.24, 2.45) is 5.92 Å². The van der Waals surface area contributed by atoms with Crippen molar-refractivity contribution in [3.05, 3.63) is 75.9 Å². The van der Waals surface area contributed by atoms with E-state index in [-0.39, 0.29) is 12.0 Å². The monoisotopic (exact) mass is 397 g/mol. The Balaban J connectivity index is 2.15. The van der Waals surface area contributed by atoms with Gasteiger partial charge in [-0.1, -0.05) is 17.7 Å². The van der Waals surface area contributed by atoms with Crippen molar-refractivity contribution in [3.63, 3.8) is 0 Å². The standard InChI is InChI=1S/C22H24FN3O3/c1-13-14(2)19(24-5)11-8-16(13)12-18(22(3,4)29)21(28)26-25-20(27)15-6-9-17(23)10-7-15/h6-11,18,29H,12H2,1-4H3,(H,25,27)(H,26,28)/t18-/m0/s1. The molecule has 2 amide bonds. The van der Waals surface area contributed by atoms with Crippen molar-refractivity contribution in [2.75, 3.05) is 0 Å². The average molecular weight is 397 g/mol. The number of aliphatic hydroxyl groups is 1. The number of halogens is 1.